The van der Waals surface area contributed by atoms with E-state index in [4.69, 9.17) is 10.5 Å². The summed E-state index contributed by atoms with van der Waals surface area (Å²) < 4.78 is 5.05. The Kier molecular flexibility index (Phi) is 3.73. The Balaban J connectivity index is 2.37. The molecule has 2 rings (SSSR count). The molecule has 2 aromatic rings. The third-order valence-electron chi connectivity index (χ3n) is 2.69. The summed E-state index contributed by atoms with van der Waals surface area (Å²) in [7, 11) is 1.62. The monoisotopic (exact) mass is 228 g/mol. The number of pyridine rings is 1. The van der Waals surface area contributed by atoms with E-state index in [2.05, 4.69) is 17.1 Å². The van der Waals surface area contributed by atoms with Crippen molar-refractivity contribution in [3.63, 3.8) is 0 Å². The van der Waals surface area contributed by atoms with Crippen LogP contribution in [0.25, 0.3) is 11.1 Å². The Morgan fingerprint density at radius 2 is 2.00 bits per heavy atom. The molecule has 0 bridgehead atoms. The highest BCUT2D eigenvalue weighted by molar-refractivity contribution is 5.66. The molecule has 0 unspecified atom stereocenters. The van der Waals surface area contributed by atoms with Crippen LogP contribution in [0.1, 0.15) is 5.56 Å². The maximum Gasteiger partial charge on any atom is 0.212 e. The van der Waals surface area contributed by atoms with Crippen molar-refractivity contribution in [2.75, 3.05) is 13.7 Å². The second-order valence-corrected chi connectivity index (χ2v) is 3.79. The highest BCUT2D eigenvalue weighted by atomic mass is 16.5. The van der Waals surface area contributed by atoms with Gasteiger partial charge in [-0.2, -0.15) is 0 Å². The predicted molar refractivity (Wildman–Crippen MR) is 69.0 cm³/mol. The normalized spacial score (nSPS) is 10.2. The molecule has 0 amide bonds. The van der Waals surface area contributed by atoms with Crippen molar-refractivity contribution in [3.8, 4) is 17.0 Å². The number of hydrogen-bond donors (Lipinski definition) is 1. The smallest absolute Gasteiger partial charge is 0.212 e. The molecule has 0 aliphatic rings. The Hall–Kier alpha value is -1.87. The molecule has 17 heavy (non-hydrogen) atoms. The summed E-state index contributed by atoms with van der Waals surface area (Å²) in [6.45, 7) is 0.653. The van der Waals surface area contributed by atoms with Gasteiger partial charge < -0.3 is 10.5 Å². The molecular weight excluding hydrogens is 212 g/mol. The predicted octanol–water partition coefficient (Wildman–Crippen LogP) is 2.26. The van der Waals surface area contributed by atoms with Gasteiger partial charge in [-0.15, -0.1) is 0 Å². The molecule has 0 aliphatic carbocycles. The van der Waals surface area contributed by atoms with Gasteiger partial charge in [0.05, 0.1) is 7.11 Å². The van der Waals surface area contributed by atoms with E-state index in [0.29, 0.717) is 12.4 Å². The molecule has 3 heteroatoms. The zero-order valence-electron chi connectivity index (χ0n) is 9.89. The maximum atomic E-state index is 5.62. The lowest BCUT2D eigenvalue weighted by Gasteiger charge is -2.08. The topological polar surface area (TPSA) is 48.1 Å². The standard InChI is InChI=1S/C14H16N2O/c1-17-14-7-6-12(10-16-14)13-5-3-2-4-11(13)8-9-15/h2-7,10H,8-9,15H2,1H3. The zero-order chi connectivity index (χ0) is 12.1. The van der Waals surface area contributed by atoms with Crippen molar-refractivity contribution < 1.29 is 4.74 Å². The molecule has 0 aliphatic heterocycles. The van der Waals surface area contributed by atoms with Gasteiger partial charge >= 0.3 is 0 Å². The van der Waals surface area contributed by atoms with Crippen LogP contribution in [0.3, 0.4) is 0 Å². The van der Waals surface area contributed by atoms with E-state index in [9.17, 15) is 0 Å². The van der Waals surface area contributed by atoms with Crippen molar-refractivity contribution in [1.29, 1.82) is 0 Å². The third-order valence-corrected chi connectivity index (χ3v) is 2.69. The van der Waals surface area contributed by atoms with Crippen LogP contribution < -0.4 is 10.5 Å². The Labute approximate surface area is 101 Å². The van der Waals surface area contributed by atoms with Crippen molar-refractivity contribution in [1.82, 2.24) is 4.98 Å². The lowest BCUT2D eigenvalue weighted by molar-refractivity contribution is 0.398. The molecule has 88 valence electrons. The van der Waals surface area contributed by atoms with Gasteiger partial charge in [-0.1, -0.05) is 24.3 Å². The van der Waals surface area contributed by atoms with E-state index >= 15 is 0 Å². The van der Waals surface area contributed by atoms with Crippen LogP contribution in [-0.4, -0.2) is 18.6 Å². The van der Waals surface area contributed by atoms with Gasteiger partial charge in [0.1, 0.15) is 0 Å². The average molecular weight is 228 g/mol. The molecule has 1 heterocycles. The number of ether oxygens (including phenoxy) is 1. The van der Waals surface area contributed by atoms with Gasteiger partial charge in [0, 0.05) is 17.8 Å². The summed E-state index contributed by atoms with van der Waals surface area (Å²) in [4.78, 5) is 4.22. The van der Waals surface area contributed by atoms with Gasteiger partial charge in [-0.25, -0.2) is 4.98 Å². The van der Waals surface area contributed by atoms with Gasteiger partial charge in [0.2, 0.25) is 5.88 Å². The summed E-state index contributed by atoms with van der Waals surface area (Å²) in [5, 5.41) is 0. The van der Waals surface area contributed by atoms with E-state index < -0.39 is 0 Å². The van der Waals surface area contributed by atoms with E-state index in [1.165, 1.54) is 11.1 Å². The highest BCUT2D eigenvalue weighted by Crippen LogP contribution is 2.24. The molecule has 0 saturated carbocycles. The number of hydrogen-bond acceptors (Lipinski definition) is 3. The zero-order valence-corrected chi connectivity index (χ0v) is 9.89. The maximum absolute atomic E-state index is 5.62. The SMILES string of the molecule is COc1ccc(-c2ccccc2CCN)cn1. The largest absolute Gasteiger partial charge is 0.481 e. The van der Waals surface area contributed by atoms with E-state index in [1.807, 2.05) is 30.5 Å². The van der Waals surface area contributed by atoms with Crippen LogP contribution in [-0.2, 0) is 6.42 Å². The second-order valence-electron chi connectivity index (χ2n) is 3.79. The Morgan fingerprint density at radius 1 is 1.18 bits per heavy atom. The summed E-state index contributed by atoms with van der Waals surface area (Å²) in [6, 6.07) is 12.1. The van der Waals surface area contributed by atoms with Crippen molar-refractivity contribution in [3.05, 3.63) is 48.2 Å². The summed E-state index contributed by atoms with van der Waals surface area (Å²) in [6.07, 6.45) is 2.70. The molecule has 0 atom stereocenters. The quantitative estimate of drug-likeness (QED) is 0.873. The summed E-state index contributed by atoms with van der Waals surface area (Å²) in [5.74, 6) is 0.630. The fourth-order valence-corrected chi connectivity index (χ4v) is 1.84. The van der Waals surface area contributed by atoms with Gasteiger partial charge in [-0.05, 0) is 30.2 Å². The van der Waals surface area contributed by atoms with Crippen LogP contribution in [0.5, 0.6) is 5.88 Å². The van der Waals surface area contributed by atoms with Crippen LogP contribution in [0.2, 0.25) is 0 Å². The van der Waals surface area contributed by atoms with Gasteiger partial charge in [0.25, 0.3) is 0 Å². The highest BCUT2D eigenvalue weighted by Gasteiger charge is 2.04. The van der Waals surface area contributed by atoms with E-state index in [0.717, 1.165) is 12.0 Å². The van der Waals surface area contributed by atoms with Gasteiger partial charge in [0.15, 0.2) is 0 Å². The first kappa shape index (κ1) is 11.6. The lowest BCUT2D eigenvalue weighted by atomic mass is 9.99. The number of nitrogens with two attached hydrogens (primary N) is 1. The van der Waals surface area contributed by atoms with Crippen LogP contribution in [0.15, 0.2) is 42.6 Å². The molecular formula is C14H16N2O. The molecule has 3 nitrogen and oxygen atoms in total. The first-order valence-corrected chi connectivity index (χ1v) is 5.63. The minimum Gasteiger partial charge on any atom is -0.481 e. The molecule has 2 N–H and O–H groups in total. The van der Waals surface area contributed by atoms with Crippen LogP contribution >= 0.6 is 0 Å². The first-order valence-electron chi connectivity index (χ1n) is 5.63. The third kappa shape index (κ3) is 2.63. The molecule has 0 fully saturated rings. The molecule has 0 radical (unpaired) electrons. The number of benzene rings is 1. The van der Waals surface area contributed by atoms with Crippen molar-refractivity contribution in [2.45, 2.75) is 6.42 Å². The first-order chi connectivity index (χ1) is 8.35. The second kappa shape index (κ2) is 5.46. The average Bonchev–Trinajstić information content (AvgIpc) is 2.40. The molecule has 0 spiro atoms. The van der Waals surface area contributed by atoms with Crippen molar-refractivity contribution >= 4 is 0 Å². The van der Waals surface area contributed by atoms with Crippen molar-refractivity contribution in [2.24, 2.45) is 5.73 Å². The minimum absolute atomic E-state index is 0.630. The van der Waals surface area contributed by atoms with E-state index in [1.54, 1.807) is 7.11 Å². The fraction of sp³-hybridized carbons (Fsp3) is 0.214. The minimum atomic E-state index is 0.630. The number of methoxy groups -OCH3 is 1. The number of aromatic nitrogens is 1. The van der Waals surface area contributed by atoms with E-state index in [-0.39, 0.29) is 0 Å². The summed E-state index contributed by atoms with van der Waals surface area (Å²) in [5.41, 5.74) is 9.15. The molecule has 1 aromatic heterocycles. The lowest BCUT2D eigenvalue weighted by Crippen LogP contribution is -2.03. The van der Waals surface area contributed by atoms with Gasteiger partial charge in [-0.3, -0.25) is 0 Å². The molecule has 0 saturated heterocycles. The van der Waals surface area contributed by atoms with Crippen LogP contribution in [0.4, 0.5) is 0 Å². The fourth-order valence-electron chi connectivity index (χ4n) is 1.84. The Bertz CT molecular complexity index is 480. The number of nitrogens with zero attached hydrogens (tertiary/aromatic N) is 1. The Morgan fingerprint density at radius 3 is 2.65 bits per heavy atom. The summed E-state index contributed by atoms with van der Waals surface area (Å²) >= 11 is 0. The molecule has 1 aromatic carbocycles. The number of rotatable bonds is 4. The van der Waals surface area contributed by atoms with Crippen LogP contribution in [0, 0.1) is 0 Å².